The predicted molar refractivity (Wildman–Crippen MR) is 64.2 cm³/mol. The van der Waals surface area contributed by atoms with Crippen molar-refractivity contribution in [2.24, 2.45) is 0 Å². The van der Waals surface area contributed by atoms with Crippen LogP contribution in [-0.4, -0.2) is 43.6 Å². The molecule has 0 atom stereocenters. The lowest BCUT2D eigenvalue weighted by molar-refractivity contribution is 0.0632. The lowest BCUT2D eigenvalue weighted by Gasteiger charge is -2.37. The van der Waals surface area contributed by atoms with Crippen molar-refractivity contribution >= 4 is 17.2 Å². The van der Waals surface area contributed by atoms with E-state index in [9.17, 15) is 4.79 Å². The number of hydrogen-bond acceptors (Lipinski definition) is 4. The van der Waals surface area contributed by atoms with Crippen molar-refractivity contribution in [2.45, 2.75) is 13.0 Å². The summed E-state index contributed by atoms with van der Waals surface area (Å²) >= 11 is 1.44. The fourth-order valence-corrected chi connectivity index (χ4v) is 2.62. The summed E-state index contributed by atoms with van der Waals surface area (Å²) in [5.41, 5.74) is 0. The molecule has 0 aliphatic carbocycles. The fourth-order valence-electron chi connectivity index (χ4n) is 1.81. The van der Waals surface area contributed by atoms with Crippen LogP contribution in [0.4, 0.5) is 0 Å². The SMILES string of the molecule is CCN(C(=O)c1sccc1OC)C1CNC1. The summed E-state index contributed by atoms with van der Waals surface area (Å²) in [7, 11) is 1.60. The van der Waals surface area contributed by atoms with Crippen LogP contribution in [0.25, 0.3) is 0 Å². The van der Waals surface area contributed by atoms with Gasteiger partial charge in [0.15, 0.2) is 0 Å². The Bertz CT molecular complexity index is 374. The number of carbonyl (C=O) groups excluding carboxylic acids is 1. The molecule has 88 valence electrons. The van der Waals surface area contributed by atoms with Crippen LogP contribution in [0.5, 0.6) is 5.75 Å². The van der Waals surface area contributed by atoms with Crippen molar-refractivity contribution in [3.63, 3.8) is 0 Å². The summed E-state index contributed by atoms with van der Waals surface area (Å²) < 4.78 is 5.18. The van der Waals surface area contributed by atoms with E-state index < -0.39 is 0 Å². The van der Waals surface area contributed by atoms with Gasteiger partial charge in [-0.1, -0.05) is 0 Å². The van der Waals surface area contributed by atoms with Crippen molar-refractivity contribution in [2.75, 3.05) is 26.7 Å². The molecule has 2 heterocycles. The summed E-state index contributed by atoms with van der Waals surface area (Å²) in [4.78, 5) is 14.9. The molecular weight excluding hydrogens is 224 g/mol. The first-order valence-electron chi connectivity index (χ1n) is 5.41. The second kappa shape index (κ2) is 4.84. The van der Waals surface area contributed by atoms with Gasteiger partial charge in [-0.05, 0) is 18.4 Å². The monoisotopic (exact) mass is 240 g/mol. The van der Waals surface area contributed by atoms with Crippen molar-refractivity contribution < 1.29 is 9.53 Å². The Morgan fingerprint density at radius 2 is 2.44 bits per heavy atom. The zero-order valence-electron chi connectivity index (χ0n) is 9.53. The van der Waals surface area contributed by atoms with Gasteiger partial charge in [0.25, 0.3) is 5.91 Å². The second-order valence-electron chi connectivity index (χ2n) is 3.72. The highest BCUT2D eigenvalue weighted by Gasteiger charge is 2.29. The van der Waals surface area contributed by atoms with Gasteiger partial charge in [-0.2, -0.15) is 0 Å². The largest absolute Gasteiger partial charge is 0.495 e. The summed E-state index contributed by atoms with van der Waals surface area (Å²) in [6, 6.07) is 2.18. The number of thiophene rings is 1. The maximum absolute atomic E-state index is 12.3. The number of carbonyl (C=O) groups is 1. The van der Waals surface area contributed by atoms with Crippen LogP contribution >= 0.6 is 11.3 Å². The molecule has 1 N–H and O–H groups in total. The zero-order chi connectivity index (χ0) is 11.5. The minimum Gasteiger partial charge on any atom is -0.495 e. The molecule has 2 rings (SSSR count). The second-order valence-corrected chi connectivity index (χ2v) is 4.64. The Morgan fingerprint density at radius 1 is 1.69 bits per heavy atom. The summed E-state index contributed by atoms with van der Waals surface area (Å²) in [6.45, 7) is 4.54. The molecule has 1 aliphatic rings. The van der Waals surface area contributed by atoms with Gasteiger partial charge < -0.3 is 15.0 Å². The molecule has 0 saturated carbocycles. The van der Waals surface area contributed by atoms with E-state index in [0.717, 1.165) is 19.6 Å². The third kappa shape index (κ3) is 1.92. The van der Waals surface area contributed by atoms with Gasteiger partial charge in [0, 0.05) is 19.6 Å². The molecule has 0 aromatic carbocycles. The maximum Gasteiger partial charge on any atom is 0.268 e. The first kappa shape index (κ1) is 11.4. The average Bonchev–Trinajstić information content (AvgIpc) is 2.69. The smallest absolute Gasteiger partial charge is 0.268 e. The van der Waals surface area contributed by atoms with Crippen LogP contribution in [0, 0.1) is 0 Å². The minimum atomic E-state index is 0.0841. The Hall–Kier alpha value is -1.07. The van der Waals surface area contributed by atoms with Gasteiger partial charge in [-0.25, -0.2) is 0 Å². The van der Waals surface area contributed by atoms with E-state index in [1.165, 1.54) is 11.3 Å². The topological polar surface area (TPSA) is 41.6 Å². The molecule has 1 fully saturated rings. The maximum atomic E-state index is 12.3. The van der Waals surface area contributed by atoms with E-state index in [4.69, 9.17) is 4.74 Å². The minimum absolute atomic E-state index is 0.0841. The molecule has 0 spiro atoms. The van der Waals surface area contributed by atoms with Crippen LogP contribution in [-0.2, 0) is 0 Å². The molecule has 1 aromatic rings. The molecule has 0 bridgehead atoms. The van der Waals surface area contributed by atoms with Crippen molar-refractivity contribution in [1.82, 2.24) is 10.2 Å². The third-order valence-corrected chi connectivity index (χ3v) is 3.73. The number of amides is 1. The van der Waals surface area contributed by atoms with Crippen molar-refractivity contribution in [3.8, 4) is 5.75 Å². The van der Waals surface area contributed by atoms with Crippen LogP contribution in [0.1, 0.15) is 16.6 Å². The number of rotatable bonds is 4. The Morgan fingerprint density at radius 3 is 2.94 bits per heavy atom. The number of hydrogen-bond donors (Lipinski definition) is 1. The van der Waals surface area contributed by atoms with Gasteiger partial charge in [0.1, 0.15) is 10.6 Å². The highest BCUT2D eigenvalue weighted by Crippen LogP contribution is 2.26. The van der Waals surface area contributed by atoms with Crippen LogP contribution in [0.3, 0.4) is 0 Å². The molecular formula is C11H16N2O2S. The first-order chi connectivity index (χ1) is 7.77. The van der Waals surface area contributed by atoms with Crippen LogP contribution in [0.15, 0.2) is 11.4 Å². The van der Waals surface area contributed by atoms with Gasteiger partial charge >= 0.3 is 0 Å². The van der Waals surface area contributed by atoms with Gasteiger partial charge in [0.05, 0.1) is 13.2 Å². The molecule has 0 radical (unpaired) electrons. The Labute approximate surface area is 99.2 Å². The van der Waals surface area contributed by atoms with Gasteiger partial charge in [-0.15, -0.1) is 11.3 Å². The molecule has 0 unspecified atom stereocenters. The Balaban J connectivity index is 2.16. The van der Waals surface area contributed by atoms with Crippen LogP contribution < -0.4 is 10.1 Å². The highest BCUT2D eigenvalue weighted by atomic mass is 32.1. The molecule has 5 heteroatoms. The van der Waals surface area contributed by atoms with Crippen molar-refractivity contribution in [1.29, 1.82) is 0 Å². The quantitative estimate of drug-likeness (QED) is 0.859. The van der Waals surface area contributed by atoms with E-state index >= 15 is 0 Å². The van der Waals surface area contributed by atoms with E-state index in [-0.39, 0.29) is 5.91 Å². The standard InChI is InChI=1S/C11H16N2O2S/c1-3-13(8-6-12-7-8)11(14)10-9(15-2)4-5-16-10/h4-5,8,12H,3,6-7H2,1-2H3. The van der Waals surface area contributed by atoms with Gasteiger partial charge in [-0.3, -0.25) is 4.79 Å². The molecule has 1 aromatic heterocycles. The molecule has 1 amide bonds. The average molecular weight is 240 g/mol. The zero-order valence-corrected chi connectivity index (χ0v) is 10.3. The normalized spacial score (nSPS) is 15.6. The summed E-state index contributed by atoms with van der Waals surface area (Å²) in [5, 5.41) is 5.07. The van der Waals surface area contributed by atoms with E-state index in [0.29, 0.717) is 16.7 Å². The third-order valence-electron chi connectivity index (χ3n) is 2.85. The highest BCUT2D eigenvalue weighted by molar-refractivity contribution is 7.12. The first-order valence-corrected chi connectivity index (χ1v) is 6.29. The summed E-state index contributed by atoms with van der Waals surface area (Å²) in [5.74, 6) is 0.765. The number of nitrogens with zero attached hydrogens (tertiary/aromatic N) is 1. The number of likely N-dealkylation sites (N-methyl/N-ethyl adjacent to an activating group) is 1. The lowest BCUT2D eigenvalue weighted by atomic mass is 10.1. The molecule has 1 aliphatic heterocycles. The Kier molecular flexibility index (Phi) is 3.46. The number of nitrogens with one attached hydrogen (secondary N) is 1. The van der Waals surface area contributed by atoms with Gasteiger partial charge in [0.2, 0.25) is 0 Å². The van der Waals surface area contributed by atoms with Crippen LogP contribution in [0.2, 0.25) is 0 Å². The van der Waals surface area contributed by atoms with E-state index in [2.05, 4.69) is 5.32 Å². The van der Waals surface area contributed by atoms with E-state index in [1.54, 1.807) is 7.11 Å². The molecule has 1 saturated heterocycles. The summed E-state index contributed by atoms with van der Waals surface area (Å²) in [6.07, 6.45) is 0. The molecule has 16 heavy (non-hydrogen) atoms. The fraction of sp³-hybridized carbons (Fsp3) is 0.545. The predicted octanol–water partition coefficient (Wildman–Crippen LogP) is 1.19. The number of methoxy groups -OCH3 is 1. The van der Waals surface area contributed by atoms with Crippen molar-refractivity contribution in [3.05, 3.63) is 16.3 Å². The molecule has 4 nitrogen and oxygen atoms in total. The lowest BCUT2D eigenvalue weighted by Crippen LogP contribution is -2.58. The number of ether oxygens (including phenoxy) is 1. The van der Waals surface area contributed by atoms with E-state index in [1.807, 2.05) is 23.3 Å².